The van der Waals surface area contributed by atoms with Crippen molar-refractivity contribution in [3.63, 3.8) is 0 Å². The minimum absolute atomic E-state index is 0.138. The molecule has 1 aromatic rings. The van der Waals surface area contributed by atoms with Gasteiger partial charge in [-0.1, -0.05) is 12.1 Å². The molecule has 5 heteroatoms. The maximum Gasteiger partial charge on any atom is 0.410 e. The fourth-order valence-electron chi connectivity index (χ4n) is 2.48. The Hall–Kier alpha value is -1.11. The summed E-state index contributed by atoms with van der Waals surface area (Å²) in [6.45, 7) is 6.45. The van der Waals surface area contributed by atoms with Gasteiger partial charge in [0.1, 0.15) is 11.4 Å². The monoisotopic (exact) mass is 415 g/mol. The number of ketones is 1. The van der Waals surface area contributed by atoms with Crippen molar-refractivity contribution >= 4 is 34.5 Å². The molecule has 4 nitrogen and oxygen atoms in total. The molecule has 0 spiro atoms. The van der Waals surface area contributed by atoms with Gasteiger partial charge in [-0.15, -0.1) is 0 Å². The molecule has 1 saturated heterocycles. The third-order valence-electron chi connectivity index (χ3n) is 3.57. The largest absolute Gasteiger partial charge is 0.444 e. The lowest BCUT2D eigenvalue weighted by atomic mass is 9.90. The summed E-state index contributed by atoms with van der Waals surface area (Å²) in [5.74, 6) is 0.0969. The third-order valence-corrected chi connectivity index (χ3v) is 4.29. The maximum absolute atomic E-state index is 12.2. The molecular weight excluding hydrogens is 393 g/mol. The number of benzene rings is 1. The van der Waals surface area contributed by atoms with Crippen LogP contribution < -0.4 is 0 Å². The second-order valence-corrected chi connectivity index (χ2v) is 7.92. The van der Waals surface area contributed by atoms with Gasteiger partial charge in [0.05, 0.1) is 0 Å². The molecule has 2 rings (SSSR count). The Labute approximate surface area is 145 Å². The number of Topliss-reactive ketones (excluding diaryl/α,β-unsaturated/α-hetero) is 1. The van der Waals surface area contributed by atoms with Gasteiger partial charge in [0.25, 0.3) is 0 Å². The van der Waals surface area contributed by atoms with Gasteiger partial charge in [0.15, 0.2) is 0 Å². The average Bonchev–Trinajstić information content (AvgIpc) is 2.41. The normalized spacial score (nSPS) is 19.2. The van der Waals surface area contributed by atoms with Gasteiger partial charge >= 0.3 is 6.09 Å². The summed E-state index contributed by atoms with van der Waals surface area (Å²) in [7, 11) is 0. The smallest absolute Gasteiger partial charge is 0.410 e. The Kier molecular flexibility index (Phi) is 5.47. The molecule has 0 N–H and O–H groups in total. The quantitative estimate of drug-likeness (QED) is 0.693. The standard InChI is InChI=1S/C17H22INO3/c1-17(2,3)22-16(21)19-9-8-15(20)13(11-19)10-12-4-6-14(18)7-5-12/h4-7,13H,8-11H2,1-3H3. The summed E-state index contributed by atoms with van der Waals surface area (Å²) < 4.78 is 6.57. The predicted molar refractivity (Wildman–Crippen MR) is 93.8 cm³/mol. The van der Waals surface area contributed by atoms with Gasteiger partial charge < -0.3 is 9.64 Å². The van der Waals surface area contributed by atoms with E-state index in [0.717, 1.165) is 5.56 Å². The number of rotatable bonds is 2. The summed E-state index contributed by atoms with van der Waals surface area (Å²) in [6.07, 6.45) is 0.760. The van der Waals surface area contributed by atoms with Gasteiger partial charge in [0, 0.05) is 29.0 Å². The molecule has 22 heavy (non-hydrogen) atoms. The minimum atomic E-state index is -0.510. The van der Waals surface area contributed by atoms with E-state index < -0.39 is 5.60 Å². The molecule has 120 valence electrons. The number of piperidine rings is 1. The molecule has 0 aliphatic carbocycles. The number of likely N-dealkylation sites (tertiary alicyclic amines) is 1. The van der Waals surface area contributed by atoms with Crippen LogP contribution in [0.4, 0.5) is 4.79 Å². The molecule has 1 aliphatic heterocycles. The highest BCUT2D eigenvalue weighted by Gasteiger charge is 2.32. The molecular formula is C17H22INO3. The molecule has 1 amide bonds. The number of amides is 1. The summed E-state index contributed by atoms with van der Waals surface area (Å²) in [5, 5.41) is 0. The van der Waals surface area contributed by atoms with E-state index >= 15 is 0 Å². The van der Waals surface area contributed by atoms with Gasteiger partial charge in [-0.25, -0.2) is 4.79 Å². The van der Waals surface area contributed by atoms with Crippen molar-refractivity contribution in [1.29, 1.82) is 0 Å². The minimum Gasteiger partial charge on any atom is -0.444 e. The van der Waals surface area contributed by atoms with E-state index in [-0.39, 0.29) is 17.8 Å². The van der Waals surface area contributed by atoms with E-state index in [9.17, 15) is 9.59 Å². The van der Waals surface area contributed by atoms with Crippen LogP contribution in [0, 0.1) is 9.49 Å². The number of carbonyl (C=O) groups is 2. The lowest BCUT2D eigenvalue weighted by Crippen LogP contribution is -2.46. The van der Waals surface area contributed by atoms with Crippen LogP contribution in [0.2, 0.25) is 0 Å². The van der Waals surface area contributed by atoms with E-state index in [0.29, 0.717) is 25.9 Å². The molecule has 0 saturated carbocycles. The Morgan fingerprint density at radius 2 is 1.95 bits per heavy atom. The van der Waals surface area contributed by atoms with Crippen molar-refractivity contribution in [3.8, 4) is 0 Å². The van der Waals surface area contributed by atoms with Crippen LogP contribution >= 0.6 is 22.6 Å². The van der Waals surface area contributed by atoms with Crippen molar-refractivity contribution in [3.05, 3.63) is 33.4 Å². The van der Waals surface area contributed by atoms with Gasteiger partial charge in [0.2, 0.25) is 0 Å². The van der Waals surface area contributed by atoms with Crippen LogP contribution in [-0.4, -0.2) is 35.5 Å². The topological polar surface area (TPSA) is 46.6 Å². The number of halogens is 1. The first-order valence-corrected chi connectivity index (χ1v) is 8.57. The fraction of sp³-hybridized carbons (Fsp3) is 0.529. The van der Waals surface area contributed by atoms with Gasteiger partial charge in [-0.2, -0.15) is 0 Å². The van der Waals surface area contributed by atoms with Crippen LogP contribution in [0.5, 0.6) is 0 Å². The Morgan fingerprint density at radius 3 is 2.55 bits per heavy atom. The Balaban J connectivity index is 2.00. The zero-order valence-corrected chi connectivity index (χ0v) is 15.4. The highest BCUT2D eigenvalue weighted by Crippen LogP contribution is 2.21. The maximum atomic E-state index is 12.2. The summed E-state index contributed by atoms with van der Waals surface area (Å²) >= 11 is 2.26. The predicted octanol–water partition coefficient (Wildman–Crippen LogP) is 3.66. The van der Waals surface area contributed by atoms with Crippen LogP contribution in [0.25, 0.3) is 0 Å². The number of carbonyl (C=O) groups excluding carboxylic acids is 2. The van der Waals surface area contributed by atoms with Crippen LogP contribution in [0.1, 0.15) is 32.8 Å². The molecule has 0 aromatic heterocycles. The van der Waals surface area contributed by atoms with E-state index in [2.05, 4.69) is 22.6 Å². The first-order valence-electron chi connectivity index (χ1n) is 7.50. The number of hydrogen-bond donors (Lipinski definition) is 0. The van der Waals surface area contributed by atoms with Crippen LogP contribution in [0.3, 0.4) is 0 Å². The van der Waals surface area contributed by atoms with Crippen LogP contribution in [-0.2, 0) is 16.0 Å². The summed E-state index contributed by atoms with van der Waals surface area (Å²) in [5.41, 5.74) is 0.620. The lowest BCUT2D eigenvalue weighted by Gasteiger charge is -2.33. The molecule has 1 unspecified atom stereocenters. The number of ether oxygens (including phenoxy) is 1. The van der Waals surface area contributed by atoms with Gasteiger partial charge in [-0.05, 0) is 67.5 Å². The SMILES string of the molecule is CC(C)(C)OC(=O)N1CCC(=O)C(Cc2ccc(I)cc2)C1. The first kappa shape index (κ1) is 17.2. The van der Waals surface area contributed by atoms with Crippen LogP contribution in [0.15, 0.2) is 24.3 Å². The van der Waals surface area contributed by atoms with Crippen molar-refractivity contribution in [1.82, 2.24) is 4.90 Å². The molecule has 0 radical (unpaired) electrons. The molecule has 0 bridgehead atoms. The molecule has 1 atom stereocenters. The summed E-state index contributed by atoms with van der Waals surface area (Å²) in [6, 6.07) is 8.16. The number of hydrogen-bond acceptors (Lipinski definition) is 3. The molecule has 1 aliphatic rings. The van der Waals surface area contributed by atoms with E-state index in [1.807, 2.05) is 45.0 Å². The molecule has 1 heterocycles. The van der Waals surface area contributed by atoms with E-state index in [4.69, 9.17) is 4.74 Å². The van der Waals surface area contributed by atoms with E-state index in [1.165, 1.54) is 3.57 Å². The summed E-state index contributed by atoms with van der Waals surface area (Å²) in [4.78, 5) is 25.9. The third kappa shape index (κ3) is 4.97. The average molecular weight is 415 g/mol. The number of nitrogens with zero attached hydrogens (tertiary/aromatic N) is 1. The second kappa shape index (κ2) is 6.98. The highest BCUT2D eigenvalue weighted by atomic mass is 127. The Bertz CT molecular complexity index is 548. The van der Waals surface area contributed by atoms with E-state index in [1.54, 1.807) is 4.90 Å². The van der Waals surface area contributed by atoms with Crippen molar-refractivity contribution in [2.75, 3.05) is 13.1 Å². The second-order valence-electron chi connectivity index (χ2n) is 6.67. The van der Waals surface area contributed by atoms with Gasteiger partial charge in [-0.3, -0.25) is 4.79 Å². The zero-order valence-electron chi connectivity index (χ0n) is 13.3. The first-order chi connectivity index (χ1) is 10.2. The molecule has 1 fully saturated rings. The fourth-order valence-corrected chi connectivity index (χ4v) is 2.84. The van der Waals surface area contributed by atoms with Crippen molar-refractivity contribution in [2.24, 2.45) is 5.92 Å². The highest BCUT2D eigenvalue weighted by molar-refractivity contribution is 14.1. The van der Waals surface area contributed by atoms with Crippen molar-refractivity contribution in [2.45, 2.75) is 39.2 Å². The zero-order chi connectivity index (χ0) is 16.3. The lowest BCUT2D eigenvalue weighted by molar-refractivity contribution is -0.125. The molecule has 1 aromatic carbocycles. The Morgan fingerprint density at radius 1 is 1.32 bits per heavy atom. The van der Waals surface area contributed by atoms with Crippen molar-refractivity contribution < 1.29 is 14.3 Å².